The first kappa shape index (κ1) is 14.3. The smallest absolute Gasteiger partial charge is 0.339 e. The molecule has 0 radical (unpaired) electrons. The number of aromatic carboxylic acids is 1. The maximum Gasteiger partial charge on any atom is 0.339 e. The number of hydrogen-bond donors (Lipinski definition) is 2. The summed E-state index contributed by atoms with van der Waals surface area (Å²) in [7, 11) is 0. The highest BCUT2D eigenvalue weighted by atomic mass is 79.9. The number of ether oxygens (including phenoxy) is 1. The van der Waals surface area contributed by atoms with Gasteiger partial charge in [-0.1, -0.05) is 0 Å². The molecule has 1 atom stereocenters. The fourth-order valence-electron chi connectivity index (χ4n) is 2.13. The third-order valence-electron chi connectivity index (χ3n) is 3.12. The van der Waals surface area contributed by atoms with Gasteiger partial charge in [0.25, 0.3) is 0 Å². The minimum absolute atomic E-state index is 0.180. The first-order valence-corrected chi connectivity index (χ1v) is 7.20. The van der Waals surface area contributed by atoms with Crippen LogP contribution in [0.25, 0.3) is 0 Å². The van der Waals surface area contributed by atoms with E-state index in [9.17, 15) is 4.79 Å². The molecule has 1 aliphatic heterocycles. The van der Waals surface area contributed by atoms with Crippen molar-refractivity contribution in [2.45, 2.75) is 31.8 Å². The van der Waals surface area contributed by atoms with Crippen molar-refractivity contribution in [2.24, 2.45) is 0 Å². The predicted molar refractivity (Wildman–Crippen MR) is 75.6 cm³/mol. The standard InChI is InChI=1S/C13H17BrN2O3/c14-9-7-11(13(17)18)12(16-8-9)15-5-4-10-3-1-2-6-19-10/h7-8,10H,1-6H2,(H,15,16)(H,17,18). The van der Waals surface area contributed by atoms with E-state index in [1.807, 2.05) is 0 Å². The van der Waals surface area contributed by atoms with Crippen LogP contribution in [-0.4, -0.2) is 35.3 Å². The highest BCUT2D eigenvalue weighted by Crippen LogP contribution is 2.19. The normalized spacial score (nSPS) is 19.1. The van der Waals surface area contributed by atoms with Gasteiger partial charge in [0.05, 0.1) is 6.10 Å². The number of nitrogens with one attached hydrogen (secondary N) is 1. The minimum Gasteiger partial charge on any atom is -0.478 e. The summed E-state index contributed by atoms with van der Waals surface area (Å²) >= 11 is 3.22. The van der Waals surface area contributed by atoms with Gasteiger partial charge in [-0.2, -0.15) is 0 Å². The molecule has 1 unspecified atom stereocenters. The maximum absolute atomic E-state index is 11.1. The van der Waals surface area contributed by atoms with Crippen LogP contribution in [0.5, 0.6) is 0 Å². The summed E-state index contributed by atoms with van der Waals surface area (Å²) in [6.07, 6.45) is 6.18. The Hall–Kier alpha value is -1.14. The molecule has 1 aliphatic rings. The van der Waals surface area contributed by atoms with E-state index in [1.54, 1.807) is 12.3 Å². The first-order chi connectivity index (χ1) is 9.16. The van der Waals surface area contributed by atoms with Gasteiger partial charge in [-0.25, -0.2) is 9.78 Å². The second-order valence-electron chi connectivity index (χ2n) is 4.56. The molecule has 0 aromatic carbocycles. The molecule has 0 bridgehead atoms. The molecule has 19 heavy (non-hydrogen) atoms. The van der Waals surface area contributed by atoms with E-state index >= 15 is 0 Å². The quantitative estimate of drug-likeness (QED) is 0.869. The van der Waals surface area contributed by atoms with Crippen molar-refractivity contribution in [1.29, 1.82) is 0 Å². The van der Waals surface area contributed by atoms with Crippen molar-refractivity contribution in [3.8, 4) is 0 Å². The predicted octanol–water partition coefficient (Wildman–Crippen LogP) is 2.91. The number of halogens is 1. The van der Waals surface area contributed by atoms with Gasteiger partial charge in [0, 0.05) is 23.8 Å². The summed E-state index contributed by atoms with van der Waals surface area (Å²) in [6, 6.07) is 1.55. The number of pyridine rings is 1. The van der Waals surface area contributed by atoms with E-state index in [4.69, 9.17) is 9.84 Å². The molecule has 2 heterocycles. The van der Waals surface area contributed by atoms with Crippen LogP contribution < -0.4 is 5.32 Å². The fourth-order valence-corrected chi connectivity index (χ4v) is 2.46. The van der Waals surface area contributed by atoms with Crippen LogP contribution in [0.3, 0.4) is 0 Å². The SMILES string of the molecule is O=C(O)c1cc(Br)cnc1NCCC1CCCCO1. The zero-order chi connectivity index (χ0) is 13.7. The molecule has 104 valence electrons. The lowest BCUT2D eigenvalue weighted by atomic mass is 10.1. The van der Waals surface area contributed by atoms with Crippen molar-refractivity contribution in [1.82, 2.24) is 4.98 Å². The number of anilines is 1. The fraction of sp³-hybridized carbons (Fsp3) is 0.538. The first-order valence-electron chi connectivity index (χ1n) is 6.41. The van der Waals surface area contributed by atoms with Gasteiger partial charge in [0.15, 0.2) is 0 Å². The van der Waals surface area contributed by atoms with Crippen molar-refractivity contribution in [3.63, 3.8) is 0 Å². The van der Waals surface area contributed by atoms with Crippen LogP contribution in [0.4, 0.5) is 5.82 Å². The summed E-state index contributed by atoms with van der Waals surface area (Å²) in [4.78, 5) is 15.2. The van der Waals surface area contributed by atoms with Crippen LogP contribution in [0.1, 0.15) is 36.0 Å². The van der Waals surface area contributed by atoms with E-state index in [1.165, 1.54) is 6.42 Å². The molecule has 5 nitrogen and oxygen atoms in total. The Morgan fingerprint density at radius 2 is 2.42 bits per heavy atom. The largest absolute Gasteiger partial charge is 0.478 e. The highest BCUT2D eigenvalue weighted by molar-refractivity contribution is 9.10. The molecule has 0 saturated carbocycles. The number of nitrogens with zero attached hydrogens (tertiary/aromatic N) is 1. The average Bonchev–Trinajstić information content (AvgIpc) is 2.41. The lowest BCUT2D eigenvalue weighted by Crippen LogP contribution is -2.22. The molecule has 1 aromatic rings. The van der Waals surface area contributed by atoms with E-state index < -0.39 is 5.97 Å². The zero-order valence-corrected chi connectivity index (χ0v) is 12.1. The van der Waals surface area contributed by atoms with Crippen molar-refractivity contribution in [3.05, 3.63) is 22.3 Å². The summed E-state index contributed by atoms with van der Waals surface area (Å²) < 4.78 is 6.29. The molecular weight excluding hydrogens is 312 g/mol. The Bertz CT molecular complexity index is 448. The molecule has 1 fully saturated rings. The molecule has 0 aliphatic carbocycles. The summed E-state index contributed by atoms with van der Waals surface area (Å²) in [5.74, 6) is -0.572. The van der Waals surface area contributed by atoms with E-state index in [0.717, 1.165) is 25.9 Å². The van der Waals surface area contributed by atoms with Gasteiger partial charge in [-0.05, 0) is 47.7 Å². The maximum atomic E-state index is 11.1. The van der Waals surface area contributed by atoms with Crippen molar-refractivity contribution >= 4 is 27.7 Å². The number of carboxylic acids is 1. The lowest BCUT2D eigenvalue weighted by Gasteiger charge is -2.22. The Morgan fingerprint density at radius 1 is 1.58 bits per heavy atom. The van der Waals surface area contributed by atoms with E-state index in [0.29, 0.717) is 16.8 Å². The Kier molecular flexibility index (Phi) is 5.15. The van der Waals surface area contributed by atoms with Crippen LogP contribution in [0.15, 0.2) is 16.7 Å². The molecule has 1 aromatic heterocycles. The molecule has 2 N–H and O–H groups in total. The van der Waals surface area contributed by atoms with Crippen LogP contribution in [0, 0.1) is 0 Å². The Morgan fingerprint density at radius 3 is 3.11 bits per heavy atom. The molecule has 1 saturated heterocycles. The van der Waals surface area contributed by atoms with E-state index in [2.05, 4.69) is 26.2 Å². The van der Waals surface area contributed by atoms with Crippen LogP contribution >= 0.6 is 15.9 Å². The second-order valence-corrected chi connectivity index (χ2v) is 5.47. The Balaban J connectivity index is 1.89. The highest BCUT2D eigenvalue weighted by Gasteiger charge is 2.15. The topological polar surface area (TPSA) is 71.5 Å². The molecule has 0 spiro atoms. The molecule has 6 heteroatoms. The van der Waals surface area contributed by atoms with Crippen molar-refractivity contribution < 1.29 is 14.6 Å². The Labute approximate surface area is 120 Å². The third-order valence-corrected chi connectivity index (χ3v) is 3.55. The van der Waals surface area contributed by atoms with E-state index in [-0.39, 0.29) is 11.7 Å². The summed E-state index contributed by atoms with van der Waals surface area (Å²) in [6.45, 7) is 1.50. The third kappa shape index (κ3) is 4.18. The average molecular weight is 329 g/mol. The summed E-state index contributed by atoms with van der Waals surface area (Å²) in [5.41, 5.74) is 0.180. The number of carboxylic acid groups (broad SMARTS) is 1. The number of hydrogen-bond acceptors (Lipinski definition) is 4. The monoisotopic (exact) mass is 328 g/mol. The van der Waals surface area contributed by atoms with Gasteiger partial charge < -0.3 is 15.2 Å². The second kappa shape index (κ2) is 6.86. The van der Waals surface area contributed by atoms with Crippen LogP contribution in [-0.2, 0) is 4.74 Å². The van der Waals surface area contributed by atoms with Gasteiger partial charge in [-0.15, -0.1) is 0 Å². The van der Waals surface area contributed by atoms with Crippen molar-refractivity contribution in [2.75, 3.05) is 18.5 Å². The number of carbonyl (C=O) groups is 1. The van der Waals surface area contributed by atoms with Crippen LogP contribution in [0.2, 0.25) is 0 Å². The van der Waals surface area contributed by atoms with Gasteiger partial charge in [-0.3, -0.25) is 0 Å². The number of rotatable bonds is 5. The van der Waals surface area contributed by atoms with Gasteiger partial charge in [0.1, 0.15) is 11.4 Å². The molecule has 0 amide bonds. The zero-order valence-electron chi connectivity index (χ0n) is 10.6. The molecule has 2 rings (SSSR count). The summed E-state index contributed by atoms with van der Waals surface area (Å²) in [5, 5.41) is 12.2. The lowest BCUT2D eigenvalue weighted by molar-refractivity contribution is 0.0134. The van der Waals surface area contributed by atoms with Gasteiger partial charge in [0.2, 0.25) is 0 Å². The number of aromatic nitrogens is 1. The van der Waals surface area contributed by atoms with Gasteiger partial charge >= 0.3 is 5.97 Å². The minimum atomic E-state index is -0.981. The molecular formula is C13H17BrN2O3.